The van der Waals surface area contributed by atoms with Gasteiger partial charge in [-0.15, -0.1) is 11.3 Å². The van der Waals surface area contributed by atoms with Crippen LogP contribution in [0.15, 0.2) is 59.1 Å². The van der Waals surface area contributed by atoms with Gasteiger partial charge in [0.05, 0.1) is 26.5 Å². The first-order valence-electron chi connectivity index (χ1n) is 10.5. The SMILES string of the molecule is Cc1ccc(F)c(NC(=O)Nc2ccc(Oc3ccnc4cc(C(O)N=S(C)(C)=O)sc34)cc2F)c1. The number of anilines is 2. The van der Waals surface area contributed by atoms with E-state index in [2.05, 4.69) is 20.0 Å². The number of amides is 2. The Hall–Kier alpha value is -3.61. The average molecular weight is 533 g/mol. The summed E-state index contributed by atoms with van der Waals surface area (Å²) in [7, 11) is -2.52. The number of aliphatic hydroxyl groups is 1. The first kappa shape index (κ1) is 25.5. The monoisotopic (exact) mass is 532 g/mol. The number of fused-ring (bicyclic) bond motifs is 1. The normalized spacial score (nSPS) is 12.3. The molecule has 0 aliphatic carbocycles. The van der Waals surface area contributed by atoms with Crippen molar-refractivity contribution in [3.63, 3.8) is 0 Å². The van der Waals surface area contributed by atoms with Gasteiger partial charge in [-0.3, -0.25) is 9.19 Å². The third kappa shape index (κ3) is 6.14. The Morgan fingerprint density at radius 3 is 2.56 bits per heavy atom. The van der Waals surface area contributed by atoms with Crippen LogP contribution in [-0.4, -0.2) is 32.8 Å². The largest absolute Gasteiger partial charge is 0.456 e. The maximum Gasteiger partial charge on any atom is 0.323 e. The van der Waals surface area contributed by atoms with Gasteiger partial charge in [0.15, 0.2) is 6.23 Å². The summed E-state index contributed by atoms with van der Waals surface area (Å²) in [6.07, 6.45) is 3.07. The van der Waals surface area contributed by atoms with Gasteiger partial charge in [0.1, 0.15) is 23.1 Å². The van der Waals surface area contributed by atoms with Gasteiger partial charge in [-0.25, -0.2) is 13.6 Å². The van der Waals surface area contributed by atoms with Crippen LogP contribution in [0.3, 0.4) is 0 Å². The number of halogens is 2. The predicted octanol–water partition coefficient (Wildman–Crippen LogP) is 6.04. The van der Waals surface area contributed by atoms with Crippen LogP contribution in [0.25, 0.3) is 10.2 Å². The molecule has 3 N–H and O–H groups in total. The molecule has 0 bridgehead atoms. The number of urea groups is 1. The lowest BCUT2D eigenvalue weighted by atomic mass is 10.2. The van der Waals surface area contributed by atoms with Crippen molar-refractivity contribution >= 4 is 48.7 Å². The minimum Gasteiger partial charge on any atom is -0.456 e. The quantitative estimate of drug-likeness (QED) is 0.280. The van der Waals surface area contributed by atoms with Crippen molar-refractivity contribution in [2.75, 3.05) is 23.1 Å². The maximum atomic E-state index is 14.7. The molecule has 36 heavy (non-hydrogen) atoms. The summed E-state index contributed by atoms with van der Waals surface area (Å²) in [6, 6.07) is 10.5. The van der Waals surface area contributed by atoms with Gasteiger partial charge in [-0.2, -0.15) is 4.36 Å². The van der Waals surface area contributed by atoms with Crippen molar-refractivity contribution in [1.82, 2.24) is 4.98 Å². The molecule has 0 saturated carbocycles. The molecule has 2 amide bonds. The van der Waals surface area contributed by atoms with E-state index < -0.39 is 33.6 Å². The second kappa shape index (κ2) is 10.2. The Labute approximate surface area is 210 Å². The Morgan fingerprint density at radius 1 is 1.08 bits per heavy atom. The van der Waals surface area contributed by atoms with Crippen LogP contribution in [0.1, 0.15) is 16.7 Å². The summed E-state index contributed by atoms with van der Waals surface area (Å²) >= 11 is 1.16. The van der Waals surface area contributed by atoms with Crippen molar-refractivity contribution in [2.24, 2.45) is 4.36 Å². The fraction of sp³-hybridized carbons (Fsp3) is 0.167. The number of hydrogen-bond acceptors (Lipinski definition) is 7. The van der Waals surface area contributed by atoms with Crippen LogP contribution in [0.5, 0.6) is 11.5 Å². The number of aliphatic hydroxyl groups excluding tert-OH is 1. The summed E-state index contributed by atoms with van der Waals surface area (Å²) in [6.45, 7) is 1.75. The average Bonchev–Trinajstić information content (AvgIpc) is 3.23. The zero-order chi connectivity index (χ0) is 26.0. The lowest BCUT2D eigenvalue weighted by Gasteiger charge is -2.11. The molecule has 0 spiro atoms. The number of ether oxygens (including phenoxy) is 1. The molecule has 0 aliphatic heterocycles. The molecular weight excluding hydrogens is 510 g/mol. The van der Waals surface area contributed by atoms with E-state index >= 15 is 0 Å². The highest BCUT2D eigenvalue weighted by Gasteiger charge is 2.16. The fourth-order valence-electron chi connectivity index (χ4n) is 3.23. The molecule has 1 atom stereocenters. The van der Waals surface area contributed by atoms with E-state index in [1.165, 1.54) is 43.0 Å². The van der Waals surface area contributed by atoms with Gasteiger partial charge in [-0.1, -0.05) is 6.07 Å². The zero-order valence-electron chi connectivity index (χ0n) is 19.4. The maximum absolute atomic E-state index is 14.7. The van der Waals surface area contributed by atoms with Gasteiger partial charge >= 0.3 is 6.03 Å². The minimum absolute atomic E-state index is 0.0250. The number of carbonyl (C=O) groups excluding carboxylic acids is 1. The van der Waals surface area contributed by atoms with Gasteiger partial charge in [-0.05, 0) is 42.8 Å². The fourth-order valence-corrected chi connectivity index (χ4v) is 4.88. The van der Waals surface area contributed by atoms with Crippen LogP contribution in [0.2, 0.25) is 0 Å². The van der Waals surface area contributed by atoms with Crippen LogP contribution >= 0.6 is 11.3 Å². The Balaban J connectivity index is 1.51. The first-order chi connectivity index (χ1) is 17.0. The number of aryl methyl sites for hydroxylation is 1. The van der Waals surface area contributed by atoms with Crippen LogP contribution in [0.4, 0.5) is 25.0 Å². The molecular formula is C24H22F2N4O4S2. The molecule has 4 rings (SSSR count). The first-order valence-corrected chi connectivity index (χ1v) is 13.7. The number of hydrogen-bond donors (Lipinski definition) is 3. The van der Waals surface area contributed by atoms with E-state index in [9.17, 15) is 22.9 Å². The van der Waals surface area contributed by atoms with Crippen molar-refractivity contribution in [1.29, 1.82) is 0 Å². The van der Waals surface area contributed by atoms with Gasteiger partial charge in [0, 0.05) is 40.6 Å². The van der Waals surface area contributed by atoms with E-state index in [0.29, 0.717) is 20.8 Å². The molecule has 2 aromatic carbocycles. The summed E-state index contributed by atoms with van der Waals surface area (Å²) in [5, 5.41) is 15.0. The van der Waals surface area contributed by atoms with E-state index in [4.69, 9.17) is 4.74 Å². The predicted molar refractivity (Wildman–Crippen MR) is 137 cm³/mol. The number of carbonyl (C=O) groups is 1. The van der Waals surface area contributed by atoms with Crippen LogP contribution < -0.4 is 15.4 Å². The lowest BCUT2D eigenvalue weighted by molar-refractivity contribution is 0.194. The number of rotatable bonds is 6. The van der Waals surface area contributed by atoms with E-state index in [1.807, 2.05) is 0 Å². The standard InChI is InChI=1S/C24H22F2N4O4S2/c1-13-4-6-15(25)18(10-13)29-24(32)28-17-7-5-14(11-16(17)26)34-20-8-9-27-19-12-21(35-22(19)20)23(31)30-36(2,3)33/h4-12,23,31H,1-3H3,(H2,28,29,32). The molecule has 188 valence electrons. The molecule has 0 aliphatic rings. The Bertz CT molecular complexity index is 1570. The van der Waals surface area contributed by atoms with E-state index in [0.717, 1.165) is 23.0 Å². The van der Waals surface area contributed by atoms with Crippen molar-refractivity contribution in [3.8, 4) is 11.5 Å². The molecule has 12 heteroatoms. The number of thiophene rings is 1. The number of nitrogens with one attached hydrogen (secondary N) is 2. The third-order valence-corrected chi connectivity index (χ3v) is 6.68. The zero-order valence-corrected chi connectivity index (χ0v) is 21.0. The minimum atomic E-state index is -2.52. The van der Waals surface area contributed by atoms with E-state index in [1.54, 1.807) is 25.1 Å². The second-order valence-electron chi connectivity index (χ2n) is 8.14. The molecule has 0 saturated heterocycles. The van der Waals surface area contributed by atoms with Gasteiger partial charge in [0.2, 0.25) is 0 Å². The van der Waals surface area contributed by atoms with Crippen molar-refractivity contribution in [3.05, 3.63) is 76.8 Å². The Kier molecular flexibility index (Phi) is 7.20. The van der Waals surface area contributed by atoms with Crippen molar-refractivity contribution in [2.45, 2.75) is 13.2 Å². The van der Waals surface area contributed by atoms with Crippen LogP contribution in [-0.2, 0) is 9.73 Å². The number of aromatic nitrogens is 1. The highest BCUT2D eigenvalue weighted by Crippen LogP contribution is 2.38. The van der Waals surface area contributed by atoms with E-state index in [-0.39, 0.29) is 17.1 Å². The molecule has 1 unspecified atom stereocenters. The molecule has 2 heterocycles. The highest BCUT2D eigenvalue weighted by atomic mass is 32.2. The molecule has 0 radical (unpaired) electrons. The molecule has 2 aromatic heterocycles. The lowest BCUT2D eigenvalue weighted by Crippen LogP contribution is -2.20. The smallest absolute Gasteiger partial charge is 0.323 e. The highest BCUT2D eigenvalue weighted by molar-refractivity contribution is 7.92. The molecule has 4 aromatic rings. The number of benzene rings is 2. The molecule has 0 fully saturated rings. The van der Waals surface area contributed by atoms with Crippen LogP contribution in [0, 0.1) is 18.6 Å². The third-order valence-electron chi connectivity index (χ3n) is 4.79. The summed E-state index contributed by atoms with van der Waals surface area (Å²) in [4.78, 5) is 16.9. The second-order valence-corrected chi connectivity index (χ2v) is 11.8. The number of nitrogens with zero attached hydrogens (tertiary/aromatic N) is 2. The summed E-state index contributed by atoms with van der Waals surface area (Å²) in [5.74, 6) is -0.857. The topological polar surface area (TPSA) is 113 Å². The Morgan fingerprint density at radius 2 is 1.83 bits per heavy atom. The van der Waals surface area contributed by atoms with Crippen molar-refractivity contribution < 1.29 is 27.6 Å². The molecule has 8 nitrogen and oxygen atoms in total. The number of pyridine rings is 1. The van der Waals surface area contributed by atoms with Gasteiger partial charge < -0.3 is 20.5 Å². The summed E-state index contributed by atoms with van der Waals surface area (Å²) < 4.78 is 50.8. The van der Waals surface area contributed by atoms with Gasteiger partial charge in [0.25, 0.3) is 0 Å². The summed E-state index contributed by atoms with van der Waals surface area (Å²) in [5.41, 5.74) is 1.13.